The Morgan fingerprint density at radius 2 is 2.00 bits per heavy atom. The Labute approximate surface area is 122 Å². The van der Waals surface area contributed by atoms with E-state index in [0.717, 1.165) is 12.0 Å². The standard InChI is InChI=1S/C15H19FN2O3/c1-21-7-6-17-14(19)9-18-15(20)13-8-12(13)10-2-4-11(16)5-3-10/h2-5,12-13H,6-9H2,1H3,(H,17,19)(H,18,20). The van der Waals surface area contributed by atoms with E-state index in [2.05, 4.69) is 10.6 Å². The number of carbonyl (C=O) groups is 2. The van der Waals surface area contributed by atoms with Gasteiger partial charge in [0, 0.05) is 19.6 Å². The van der Waals surface area contributed by atoms with Crippen LogP contribution in [0.1, 0.15) is 17.9 Å². The van der Waals surface area contributed by atoms with Crippen molar-refractivity contribution in [2.24, 2.45) is 5.92 Å². The van der Waals surface area contributed by atoms with Crippen molar-refractivity contribution in [3.63, 3.8) is 0 Å². The molecule has 1 aliphatic carbocycles. The number of carbonyl (C=O) groups excluding carboxylic acids is 2. The first-order chi connectivity index (χ1) is 10.1. The van der Waals surface area contributed by atoms with Crippen LogP contribution in [0.4, 0.5) is 4.39 Å². The number of halogens is 1. The third kappa shape index (κ3) is 4.53. The van der Waals surface area contributed by atoms with Crippen molar-refractivity contribution in [1.29, 1.82) is 0 Å². The van der Waals surface area contributed by atoms with Crippen LogP contribution in [0.25, 0.3) is 0 Å². The number of amides is 2. The van der Waals surface area contributed by atoms with Crippen molar-refractivity contribution in [3.05, 3.63) is 35.6 Å². The highest BCUT2D eigenvalue weighted by Gasteiger charge is 2.43. The second-order valence-electron chi connectivity index (χ2n) is 5.06. The van der Waals surface area contributed by atoms with E-state index in [4.69, 9.17) is 4.74 Å². The van der Waals surface area contributed by atoms with Gasteiger partial charge in [-0.15, -0.1) is 0 Å². The van der Waals surface area contributed by atoms with Crippen molar-refractivity contribution in [3.8, 4) is 0 Å². The maximum atomic E-state index is 12.8. The highest BCUT2D eigenvalue weighted by atomic mass is 19.1. The summed E-state index contributed by atoms with van der Waals surface area (Å²) in [6, 6.07) is 6.19. The van der Waals surface area contributed by atoms with Gasteiger partial charge in [0.15, 0.2) is 0 Å². The third-order valence-corrected chi connectivity index (χ3v) is 3.48. The number of methoxy groups -OCH3 is 1. The first-order valence-electron chi connectivity index (χ1n) is 6.90. The van der Waals surface area contributed by atoms with Gasteiger partial charge in [0.05, 0.1) is 13.2 Å². The minimum absolute atomic E-state index is 0.0326. The van der Waals surface area contributed by atoms with Crippen LogP contribution >= 0.6 is 0 Å². The molecule has 21 heavy (non-hydrogen) atoms. The molecule has 0 radical (unpaired) electrons. The van der Waals surface area contributed by atoms with Crippen molar-refractivity contribution >= 4 is 11.8 Å². The Balaban J connectivity index is 1.71. The maximum absolute atomic E-state index is 12.8. The molecule has 5 nitrogen and oxygen atoms in total. The Morgan fingerprint density at radius 1 is 1.29 bits per heavy atom. The molecule has 1 saturated carbocycles. The molecule has 0 heterocycles. The number of nitrogens with one attached hydrogen (secondary N) is 2. The molecule has 114 valence electrons. The second-order valence-corrected chi connectivity index (χ2v) is 5.06. The second kappa shape index (κ2) is 7.17. The maximum Gasteiger partial charge on any atom is 0.239 e. The molecule has 2 unspecified atom stereocenters. The van der Waals surface area contributed by atoms with Crippen molar-refractivity contribution < 1.29 is 18.7 Å². The first-order valence-corrected chi connectivity index (χ1v) is 6.90. The number of rotatable bonds is 7. The van der Waals surface area contributed by atoms with Crippen LogP contribution < -0.4 is 10.6 Å². The van der Waals surface area contributed by atoms with Crippen LogP contribution in [-0.2, 0) is 14.3 Å². The van der Waals surface area contributed by atoms with Gasteiger partial charge in [0.25, 0.3) is 0 Å². The summed E-state index contributed by atoms with van der Waals surface area (Å²) >= 11 is 0. The molecule has 1 aromatic carbocycles. The van der Waals surface area contributed by atoms with Crippen molar-refractivity contribution in [1.82, 2.24) is 10.6 Å². The van der Waals surface area contributed by atoms with Crippen LogP contribution in [0.15, 0.2) is 24.3 Å². The lowest BCUT2D eigenvalue weighted by Gasteiger charge is -2.06. The number of benzene rings is 1. The van der Waals surface area contributed by atoms with E-state index in [-0.39, 0.29) is 36.0 Å². The normalized spacial score (nSPS) is 19.9. The molecule has 1 aliphatic rings. The van der Waals surface area contributed by atoms with Gasteiger partial charge in [-0.25, -0.2) is 4.39 Å². The van der Waals surface area contributed by atoms with E-state index in [9.17, 15) is 14.0 Å². The van der Waals surface area contributed by atoms with Gasteiger partial charge in [-0.1, -0.05) is 12.1 Å². The minimum Gasteiger partial charge on any atom is -0.383 e. The van der Waals surface area contributed by atoms with Crippen LogP contribution in [-0.4, -0.2) is 38.6 Å². The molecule has 0 bridgehead atoms. The summed E-state index contributed by atoms with van der Waals surface area (Å²) in [7, 11) is 1.55. The van der Waals surface area contributed by atoms with E-state index in [1.54, 1.807) is 19.2 Å². The lowest BCUT2D eigenvalue weighted by atomic mass is 10.1. The zero-order valence-electron chi connectivity index (χ0n) is 11.9. The zero-order chi connectivity index (χ0) is 15.2. The Hall–Kier alpha value is -1.95. The lowest BCUT2D eigenvalue weighted by molar-refractivity contribution is -0.126. The fraction of sp³-hybridized carbons (Fsp3) is 0.467. The molecule has 2 N–H and O–H groups in total. The smallest absolute Gasteiger partial charge is 0.239 e. The van der Waals surface area contributed by atoms with Gasteiger partial charge in [0.1, 0.15) is 5.82 Å². The Morgan fingerprint density at radius 3 is 2.67 bits per heavy atom. The molecular formula is C15H19FN2O3. The van der Waals surface area contributed by atoms with Gasteiger partial charge >= 0.3 is 0 Å². The van der Waals surface area contributed by atoms with Gasteiger partial charge in [-0.3, -0.25) is 9.59 Å². The largest absolute Gasteiger partial charge is 0.383 e. The minimum atomic E-state index is -0.284. The molecule has 2 rings (SSSR count). The summed E-state index contributed by atoms with van der Waals surface area (Å²) in [6.07, 6.45) is 0.739. The summed E-state index contributed by atoms with van der Waals surface area (Å²) in [5, 5.41) is 5.24. The third-order valence-electron chi connectivity index (χ3n) is 3.48. The summed E-state index contributed by atoms with van der Waals surface area (Å²) in [5.74, 6) is -0.650. The van der Waals surface area contributed by atoms with Crippen molar-refractivity contribution in [2.75, 3.05) is 26.8 Å². The van der Waals surface area contributed by atoms with Gasteiger partial charge in [-0.2, -0.15) is 0 Å². The van der Waals surface area contributed by atoms with Crippen LogP contribution in [0.5, 0.6) is 0 Å². The molecule has 0 spiro atoms. The fourth-order valence-corrected chi connectivity index (χ4v) is 2.22. The van der Waals surface area contributed by atoms with E-state index in [1.165, 1.54) is 12.1 Å². The molecule has 2 amide bonds. The summed E-state index contributed by atoms with van der Waals surface area (Å²) in [6.45, 7) is 0.830. The fourth-order valence-electron chi connectivity index (χ4n) is 2.22. The Kier molecular flexibility index (Phi) is 5.27. The molecule has 0 aliphatic heterocycles. The molecular weight excluding hydrogens is 275 g/mol. The predicted octanol–water partition coefficient (Wildman–Crippen LogP) is 0.808. The monoisotopic (exact) mass is 294 g/mol. The number of ether oxygens (including phenoxy) is 1. The number of hydrogen-bond acceptors (Lipinski definition) is 3. The van der Waals surface area contributed by atoms with Crippen LogP contribution in [0, 0.1) is 11.7 Å². The molecule has 2 atom stereocenters. The zero-order valence-corrected chi connectivity index (χ0v) is 11.9. The van der Waals surface area contributed by atoms with E-state index >= 15 is 0 Å². The van der Waals surface area contributed by atoms with Crippen LogP contribution in [0.2, 0.25) is 0 Å². The Bertz CT molecular complexity index is 504. The lowest BCUT2D eigenvalue weighted by Crippen LogP contribution is -2.38. The van der Waals surface area contributed by atoms with Crippen LogP contribution in [0.3, 0.4) is 0 Å². The number of hydrogen-bond donors (Lipinski definition) is 2. The predicted molar refractivity (Wildman–Crippen MR) is 75.1 cm³/mol. The molecule has 6 heteroatoms. The van der Waals surface area contributed by atoms with E-state index in [0.29, 0.717) is 13.2 Å². The summed E-state index contributed by atoms with van der Waals surface area (Å²) < 4.78 is 17.6. The highest BCUT2D eigenvalue weighted by molar-refractivity contribution is 5.87. The molecule has 0 saturated heterocycles. The van der Waals surface area contributed by atoms with E-state index in [1.807, 2.05) is 0 Å². The van der Waals surface area contributed by atoms with E-state index < -0.39 is 0 Å². The average molecular weight is 294 g/mol. The highest BCUT2D eigenvalue weighted by Crippen LogP contribution is 2.47. The topological polar surface area (TPSA) is 67.4 Å². The quantitative estimate of drug-likeness (QED) is 0.731. The van der Waals surface area contributed by atoms with Gasteiger partial charge < -0.3 is 15.4 Å². The summed E-state index contributed by atoms with van der Waals surface area (Å²) in [5.41, 5.74) is 0.959. The molecule has 1 fully saturated rings. The van der Waals surface area contributed by atoms with Crippen molar-refractivity contribution in [2.45, 2.75) is 12.3 Å². The van der Waals surface area contributed by atoms with Gasteiger partial charge in [0.2, 0.25) is 11.8 Å². The summed E-state index contributed by atoms with van der Waals surface area (Å²) in [4.78, 5) is 23.3. The average Bonchev–Trinajstić information content (AvgIpc) is 3.26. The molecule has 1 aromatic rings. The first kappa shape index (κ1) is 15.4. The molecule has 0 aromatic heterocycles. The van der Waals surface area contributed by atoms with Gasteiger partial charge in [-0.05, 0) is 30.0 Å². The SMILES string of the molecule is COCCNC(=O)CNC(=O)C1CC1c1ccc(F)cc1.